The molecule has 0 amide bonds. The third-order valence-corrected chi connectivity index (χ3v) is 4.34. The van der Waals surface area contributed by atoms with Crippen LogP contribution in [0.15, 0.2) is 18.2 Å². The second-order valence-electron chi connectivity index (χ2n) is 5.51. The van der Waals surface area contributed by atoms with Gasteiger partial charge in [-0.25, -0.2) is 0 Å². The quantitative estimate of drug-likeness (QED) is 0.858. The second kappa shape index (κ2) is 4.99. The summed E-state index contributed by atoms with van der Waals surface area (Å²) in [5.74, 6) is 0.684. The van der Waals surface area contributed by atoms with Crippen LogP contribution in [0, 0.1) is 12.8 Å². The first-order valence-electron chi connectivity index (χ1n) is 6.50. The van der Waals surface area contributed by atoms with E-state index in [9.17, 15) is 5.11 Å². The van der Waals surface area contributed by atoms with Crippen molar-refractivity contribution < 1.29 is 5.11 Å². The summed E-state index contributed by atoms with van der Waals surface area (Å²) in [7, 11) is 0. The molecule has 17 heavy (non-hydrogen) atoms. The second-order valence-corrected chi connectivity index (χ2v) is 5.92. The van der Waals surface area contributed by atoms with Crippen LogP contribution >= 0.6 is 11.6 Å². The predicted molar refractivity (Wildman–Crippen MR) is 72.5 cm³/mol. The summed E-state index contributed by atoms with van der Waals surface area (Å²) in [6.45, 7) is 4.24. The summed E-state index contributed by atoms with van der Waals surface area (Å²) in [6.07, 6.45) is 4.85. The zero-order chi connectivity index (χ0) is 12.5. The van der Waals surface area contributed by atoms with E-state index in [1.54, 1.807) is 0 Å². The van der Waals surface area contributed by atoms with Gasteiger partial charge in [0.25, 0.3) is 0 Å². The fourth-order valence-electron chi connectivity index (χ4n) is 2.87. The summed E-state index contributed by atoms with van der Waals surface area (Å²) < 4.78 is 0. The third kappa shape index (κ3) is 3.02. The molecule has 1 N–H and O–H groups in total. The molecule has 1 aromatic carbocycles. The van der Waals surface area contributed by atoms with Gasteiger partial charge in [0.1, 0.15) is 0 Å². The smallest absolute Gasteiger partial charge is 0.0691 e. The van der Waals surface area contributed by atoms with Crippen molar-refractivity contribution >= 4 is 11.6 Å². The van der Waals surface area contributed by atoms with Crippen LogP contribution < -0.4 is 0 Å². The molecule has 2 atom stereocenters. The van der Waals surface area contributed by atoms with E-state index in [1.165, 1.54) is 12.0 Å². The van der Waals surface area contributed by atoms with Crippen molar-refractivity contribution in [3.63, 3.8) is 0 Å². The van der Waals surface area contributed by atoms with Gasteiger partial charge in [-0.15, -0.1) is 0 Å². The van der Waals surface area contributed by atoms with Crippen LogP contribution in [0.5, 0.6) is 0 Å². The van der Waals surface area contributed by atoms with E-state index in [2.05, 4.69) is 19.1 Å². The molecule has 0 aliphatic heterocycles. The Labute approximate surface area is 109 Å². The summed E-state index contributed by atoms with van der Waals surface area (Å²) in [6, 6.07) is 6.10. The molecule has 0 heterocycles. The van der Waals surface area contributed by atoms with Crippen LogP contribution in [0.2, 0.25) is 5.02 Å². The molecule has 2 unspecified atom stereocenters. The van der Waals surface area contributed by atoms with Crippen LogP contribution in [0.25, 0.3) is 0 Å². The zero-order valence-electron chi connectivity index (χ0n) is 10.7. The Kier molecular flexibility index (Phi) is 3.79. The highest BCUT2D eigenvalue weighted by Gasteiger charge is 2.36. The average molecular weight is 253 g/mol. The van der Waals surface area contributed by atoms with Crippen LogP contribution in [-0.2, 0) is 6.42 Å². The Morgan fingerprint density at radius 2 is 2.24 bits per heavy atom. The summed E-state index contributed by atoms with van der Waals surface area (Å²) in [5, 5.41) is 11.4. The van der Waals surface area contributed by atoms with Crippen molar-refractivity contribution in [2.24, 2.45) is 5.92 Å². The minimum Gasteiger partial charge on any atom is -0.390 e. The van der Waals surface area contributed by atoms with Gasteiger partial charge < -0.3 is 5.11 Å². The maximum absolute atomic E-state index is 10.6. The van der Waals surface area contributed by atoms with E-state index < -0.39 is 5.60 Å². The molecule has 1 fully saturated rings. The number of hydrogen-bond acceptors (Lipinski definition) is 1. The van der Waals surface area contributed by atoms with Crippen molar-refractivity contribution in [3.8, 4) is 0 Å². The molecule has 1 aromatic rings. The lowest BCUT2D eigenvalue weighted by molar-refractivity contribution is 0.0437. The molecule has 0 bridgehead atoms. The first kappa shape index (κ1) is 12.9. The van der Waals surface area contributed by atoms with Crippen LogP contribution in [0.3, 0.4) is 0 Å². The molecule has 0 radical (unpaired) electrons. The zero-order valence-corrected chi connectivity index (χ0v) is 11.4. The molecule has 1 saturated carbocycles. The van der Waals surface area contributed by atoms with Crippen molar-refractivity contribution in [2.45, 2.75) is 51.6 Å². The molecule has 1 nitrogen and oxygen atoms in total. The minimum atomic E-state index is -0.528. The average Bonchev–Trinajstić information content (AvgIpc) is 2.65. The van der Waals surface area contributed by atoms with Gasteiger partial charge in [-0.05, 0) is 49.3 Å². The van der Waals surface area contributed by atoms with Gasteiger partial charge in [0.05, 0.1) is 5.60 Å². The van der Waals surface area contributed by atoms with Crippen LogP contribution in [0.4, 0.5) is 0 Å². The molecule has 1 aliphatic rings. The van der Waals surface area contributed by atoms with E-state index in [1.807, 2.05) is 13.0 Å². The molecule has 2 rings (SSSR count). The SMILES string of the molecule is CCC1CCC(O)(Cc2ccc(C)cc2Cl)C1. The Morgan fingerprint density at radius 1 is 1.47 bits per heavy atom. The Balaban J connectivity index is 2.10. The maximum Gasteiger partial charge on any atom is 0.0691 e. The molecular formula is C15H21ClO. The maximum atomic E-state index is 10.6. The standard InChI is InChI=1S/C15H21ClO/c1-3-12-6-7-15(17,9-12)10-13-5-4-11(2)8-14(13)16/h4-5,8,12,17H,3,6-7,9-10H2,1-2H3. The van der Waals surface area contributed by atoms with Crippen molar-refractivity contribution in [3.05, 3.63) is 34.3 Å². The van der Waals surface area contributed by atoms with Crippen molar-refractivity contribution in [1.82, 2.24) is 0 Å². The van der Waals surface area contributed by atoms with Crippen LogP contribution in [-0.4, -0.2) is 10.7 Å². The molecular weight excluding hydrogens is 232 g/mol. The first-order valence-corrected chi connectivity index (χ1v) is 6.87. The lowest BCUT2D eigenvalue weighted by atomic mass is 9.91. The fraction of sp³-hybridized carbons (Fsp3) is 0.600. The van der Waals surface area contributed by atoms with E-state index >= 15 is 0 Å². The lowest BCUT2D eigenvalue weighted by Crippen LogP contribution is -2.28. The van der Waals surface area contributed by atoms with Crippen molar-refractivity contribution in [2.75, 3.05) is 0 Å². The molecule has 0 saturated heterocycles. The fourth-order valence-corrected chi connectivity index (χ4v) is 3.18. The largest absolute Gasteiger partial charge is 0.390 e. The van der Waals surface area contributed by atoms with E-state index in [4.69, 9.17) is 11.6 Å². The highest BCUT2D eigenvalue weighted by atomic mass is 35.5. The molecule has 1 aliphatic carbocycles. The van der Waals surface area contributed by atoms with Gasteiger partial charge in [0, 0.05) is 11.4 Å². The van der Waals surface area contributed by atoms with Crippen molar-refractivity contribution in [1.29, 1.82) is 0 Å². The molecule has 0 aromatic heterocycles. The Bertz CT molecular complexity index is 402. The summed E-state index contributed by atoms with van der Waals surface area (Å²) in [4.78, 5) is 0. The molecule has 2 heteroatoms. The molecule has 0 spiro atoms. The Hall–Kier alpha value is -0.530. The van der Waals surface area contributed by atoms with Gasteiger partial charge in [-0.3, -0.25) is 0 Å². The minimum absolute atomic E-state index is 0.528. The monoisotopic (exact) mass is 252 g/mol. The van der Waals surface area contributed by atoms with Gasteiger partial charge >= 0.3 is 0 Å². The van der Waals surface area contributed by atoms with E-state index in [0.29, 0.717) is 12.3 Å². The van der Waals surface area contributed by atoms with E-state index in [-0.39, 0.29) is 0 Å². The van der Waals surface area contributed by atoms with Gasteiger partial charge in [-0.2, -0.15) is 0 Å². The lowest BCUT2D eigenvalue weighted by Gasteiger charge is -2.23. The van der Waals surface area contributed by atoms with Gasteiger partial charge in [-0.1, -0.05) is 37.1 Å². The van der Waals surface area contributed by atoms with E-state index in [0.717, 1.165) is 29.8 Å². The molecule has 94 valence electrons. The number of aryl methyl sites for hydroxylation is 1. The number of hydrogen-bond donors (Lipinski definition) is 1. The Morgan fingerprint density at radius 3 is 2.82 bits per heavy atom. The summed E-state index contributed by atoms with van der Waals surface area (Å²) >= 11 is 6.23. The normalized spacial score (nSPS) is 28.6. The topological polar surface area (TPSA) is 20.2 Å². The number of halogens is 1. The first-order chi connectivity index (χ1) is 8.02. The number of rotatable bonds is 3. The van der Waals surface area contributed by atoms with Gasteiger partial charge in [0.2, 0.25) is 0 Å². The third-order valence-electron chi connectivity index (χ3n) is 3.99. The highest BCUT2D eigenvalue weighted by Crippen LogP contribution is 2.39. The predicted octanol–water partition coefficient (Wildman–Crippen LogP) is 4.13. The number of benzene rings is 1. The summed E-state index contributed by atoms with van der Waals surface area (Å²) in [5.41, 5.74) is 1.72. The van der Waals surface area contributed by atoms with Crippen LogP contribution in [0.1, 0.15) is 43.7 Å². The highest BCUT2D eigenvalue weighted by molar-refractivity contribution is 6.31. The van der Waals surface area contributed by atoms with Gasteiger partial charge in [0.15, 0.2) is 0 Å². The number of aliphatic hydroxyl groups is 1.